The van der Waals surface area contributed by atoms with Gasteiger partial charge in [0.15, 0.2) is 0 Å². The van der Waals surface area contributed by atoms with E-state index in [0.717, 1.165) is 11.1 Å². The van der Waals surface area contributed by atoms with Gasteiger partial charge in [0, 0.05) is 50.6 Å². The molecular formula is C29H31FN6O3. The van der Waals surface area contributed by atoms with E-state index in [4.69, 9.17) is 0 Å². The van der Waals surface area contributed by atoms with Gasteiger partial charge in [-0.25, -0.2) is 14.4 Å². The van der Waals surface area contributed by atoms with E-state index in [2.05, 4.69) is 20.3 Å². The summed E-state index contributed by atoms with van der Waals surface area (Å²) in [7, 11) is 0. The monoisotopic (exact) mass is 530 g/mol. The molecule has 2 aromatic heterocycles. The number of H-pyrrole nitrogens is 1. The van der Waals surface area contributed by atoms with Crippen LogP contribution in [0.1, 0.15) is 41.8 Å². The van der Waals surface area contributed by atoms with E-state index in [1.807, 2.05) is 34.1 Å². The average molecular weight is 531 g/mol. The zero-order valence-corrected chi connectivity index (χ0v) is 21.7. The van der Waals surface area contributed by atoms with E-state index < -0.39 is 6.10 Å². The molecule has 5 rings (SSSR count). The molecule has 9 nitrogen and oxygen atoms in total. The summed E-state index contributed by atoms with van der Waals surface area (Å²) in [4.78, 5) is 40.7. The largest absolute Gasteiger partial charge is 0.388 e. The summed E-state index contributed by atoms with van der Waals surface area (Å²) >= 11 is 0. The molecule has 1 fully saturated rings. The Balaban J connectivity index is 1.32. The van der Waals surface area contributed by atoms with Crippen LogP contribution < -0.4 is 10.2 Å². The number of hydrogen-bond donors (Lipinski definition) is 3. The molecule has 1 unspecified atom stereocenters. The highest BCUT2D eigenvalue weighted by Gasteiger charge is 2.29. The van der Waals surface area contributed by atoms with Gasteiger partial charge in [-0.1, -0.05) is 18.2 Å². The zero-order valence-electron chi connectivity index (χ0n) is 21.7. The Morgan fingerprint density at radius 3 is 2.67 bits per heavy atom. The van der Waals surface area contributed by atoms with Crippen molar-refractivity contribution in [2.45, 2.75) is 25.9 Å². The number of aliphatic hydroxyl groups excluding tert-OH is 1. The van der Waals surface area contributed by atoms with Crippen LogP contribution in [0.2, 0.25) is 0 Å². The maximum absolute atomic E-state index is 13.5. The van der Waals surface area contributed by atoms with Gasteiger partial charge in [-0.15, -0.1) is 0 Å². The molecule has 0 aliphatic carbocycles. The minimum absolute atomic E-state index is 0.00311. The molecule has 0 spiro atoms. The summed E-state index contributed by atoms with van der Waals surface area (Å²) in [5.41, 5.74) is 2.71. The van der Waals surface area contributed by atoms with Crippen molar-refractivity contribution >= 4 is 34.4 Å². The first-order valence-corrected chi connectivity index (χ1v) is 13.0. The highest BCUT2D eigenvalue weighted by atomic mass is 19.1. The lowest BCUT2D eigenvalue weighted by Crippen LogP contribution is -2.39. The van der Waals surface area contributed by atoms with Crippen LogP contribution in [0.4, 0.5) is 15.9 Å². The molecule has 3 heterocycles. The third kappa shape index (κ3) is 5.91. The first-order chi connectivity index (χ1) is 18.9. The standard InChI is InChI=1S/C29H31FN6O3/c1-19(37)31-13-16-36(28-25-9-12-32-27(25)33-18-34-28)24-4-2-3-22(17-24)29(39)35-14-10-21(11-15-35)26(38)20-5-7-23(30)8-6-20/h2-9,12,17-18,21,26,38H,10-11,13-16H2,1H3,(H,31,37)(H,32,33,34). The number of anilines is 2. The fraction of sp³-hybridized carbons (Fsp3) is 0.310. The maximum atomic E-state index is 13.5. The molecule has 0 bridgehead atoms. The molecule has 1 aliphatic rings. The Morgan fingerprint density at radius 1 is 1.15 bits per heavy atom. The summed E-state index contributed by atoms with van der Waals surface area (Å²) in [6.45, 7) is 3.36. The number of nitrogens with one attached hydrogen (secondary N) is 2. The number of carbonyl (C=O) groups is 2. The Bertz CT molecular complexity index is 1450. The second-order valence-electron chi connectivity index (χ2n) is 9.75. The van der Waals surface area contributed by atoms with Gasteiger partial charge >= 0.3 is 0 Å². The predicted molar refractivity (Wildman–Crippen MR) is 146 cm³/mol. The van der Waals surface area contributed by atoms with Gasteiger partial charge in [-0.05, 0) is 60.7 Å². The smallest absolute Gasteiger partial charge is 0.253 e. The van der Waals surface area contributed by atoms with Crippen LogP contribution in [0.15, 0.2) is 67.1 Å². The van der Waals surface area contributed by atoms with Crippen LogP contribution in [-0.2, 0) is 4.79 Å². The molecule has 1 aliphatic heterocycles. The Kier molecular flexibility index (Phi) is 7.83. The molecule has 0 radical (unpaired) electrons. The van der Waals surface area contributed by atoms with Gasteiger partial charge < -0.3 is 25.2 Å². The molecule has 39 heavy (non-hydrogen) atoms. The second-order valence-corrected chi connectivity index (χ2v) is 9.75. The SMILES string of the molecule is CC(=O)NCCN(c1cccc(C(=O)N2CCC(C(O)c3ccc(F)cc3)CC2)c1)c1ncnc2[nH]ccc12. The highest BCUT2D eigenvalue weighted by molar-refractivity contribution is 5.96. The molecular weight excluding hydrogens is 499 g/mol. The lowest BCUT2D eigenvalue weighted by molar-refractivity contribution is -0.118. The van der Waals surface area contributed by atoms with Crippen LogP contribution in [-0.4, -0.2) is 63.0 Å². The molecule has 4 aromatic rings. The van der Waals surface area contributed by atoms with Crippen molar-refractivity contribution in [3.63, 3.8) is 0 Å². The van der Waals surface area contributed by atoms with Crippen LogP contribution in [0, 0.1) is 11.7 Å². The minimum atomic E-state index is -0.693. The van der Waals surface area contributed by atoms with Crippen molar-refractivity contribution in [1.29, 1.82) is 0 Å². The average Bonchev–Trinajstić information content (AvgIpc) is 3.45. The van der Waals surface area contributed by atoms with Crippen molar-refractivity contribution < 1.29 is 19.1 Å². The number of carbonyl (C=O) groups excluding carboxylic acids is 2. The number of fused-ring (bicyclic) bond motifs is 1. The van der Waals surface area contributed by atoms with Crippen molar-refractivity contribution in [3.05, 3.63) is 84.1 Å². The van der Waals surface area contributed by atoms with E-state index in [1.165, 1.54) is 25.4 Å². The van der Waals surface area contributed by atoms with Gasteiger partial charge in [0.1, 0.15) is 23.6 Å². The predicted octanol–water partition coefficient (Wildman–Crippen LogP) is 3.96. The molecule has 1 atom stereocenters. The quantitative estimate of drug-likeness (QED) is 0.318. The molecule has 0 saturated carbocycles. The molecule has 3 N–H and O–H groups in total. The molecule has 10 heteroatoms. The second kappa shape index (κ2) is 11.6. The first kappa shape index (κ1) is 26.3. The van der Waals surface area contributed by atoms with Crippen LogP contribution >= 0.6 is 0 Å². The zero-order chi connectivity index (χ0) is 27.4. The summed E-state index contributed by atoms with van der Waals surface area (Å²) < 4.78 is 13.3. The van der Waals surface area contributed by atoms with Crippen molar-refractivity contribution in [3.8, 4) is 0 Å². The number of halogens is 1. The minimum Gasteiger partial charge on any atom is -0.388 e. The summed E-state index contributed by atoms with van der Waals surface area (Å²) in [5.74, 6) is 0.132. The number of aromatic amines is 1. The third-order valence-electron chi connectivity index (χ3n) is 7.19. The van der Waals surface area contributed by atoms with Gasteiger partial charge in [0.05, 0.1) is 11.5 Å². The van der Waals surface area contributed by atoms with E-state index in [-0.39, 0.29) is 23.5 Å². The number of hydrogen-bond acceptors (Lipinski definition) is 6. The Hall–Kier alpha value is -4.31. The fourth-order valence-electron chi connectivity index (χ4n) is 5.11. The van der Waals surface area contributed by atoms with E-state index in [9.17, 15) is 19.1 Å². The van der Waals surface area contributed by atoms with Gasteiger partial charge in [0.2, 0.25) is 5.91 Å². The van der Waals surface area contributed by atoms with Crippen LogP contribution in [0.25, 0.3) is 11.0 Å². The molecule has 2 aromatic carbocycles. The topological polar surface area (TPSA) is 114 Å². The van der Waals surface area contributed by atoms with Crippen LogP contribution in [0.5, 0.6) is 0 Å². The van der Waals surface area contributed by atoms with Crippen LogP contribution in [0.3, 0.4) is 0 Å². The number of nitrogens with zero attached hydrogens (tertiary/aromatic N) is 4. The number of amides is 2. The lowest BCUT2D eigenvalue weighted by atomic mass is 9.87. The highest BCUT2D eigenvalue weighted by Crippen LogP contribution is 2.33. The summed E-state index contributed by atoms with van der Waals surface area (Å²) in [5, 5.41) is 14.4. The summed E-state index contributed by atoms with van der Waals surface area (Å²) in [6, 6.07) is 15.2. The van der Waals surface area contributed by atoms with Gasteiger partial charge in [-0.3, -0.25) is 9.59 Å². The number of piperidine rings is 1. The maximum Gasteiger partial charge on any atom is 0.253 e. The van der Waals surface area contributed by atoms with Gasteiger partial charge in [0.25, 0.3) is 5.91 Å². The third-order valence-corrected chi connectivity index (χ3v) is 7.19. The summed E-state index contributed by atoms with van der Waals surface area (Å²) in [6.07, 6.45) is 3.89. The molecule has 1 saturated heterocycles. The number of rotatable bonds is 8. The number of aliphatic hydroxyl groups is 1. The normalized spacial score (nSPS) is 14.8. The number of benzene rings is 2. The van der Waals surface area contributed by atoms with E-state index in [0.29, 0.717) is 61.6 Å². The number of aromatic nitrogens is 3. The molecule has 202 valence electrons. The Labute approximate surface area is 225 Å². The first-order valence-electron chi connectivity index (χ1n) is 13.0. The van der Waals surface area contributed by atoms with E-state index >= 15 is 0 Å². The van der Waals surface area contributed by atoms with Crippen molar-refractivity contribution in [2.75, 3.05) is 31.1 Å². The fourth-order valence-corrected chi connectivity index (χ4v) is 5.11. The number of likely N-dealkylation sites (tertiary alicyclic amines) is 1. The van der Waals surface area contributed by atoms with Crippen molar-refractivity contribution in [1.82, 2.24) is 25.2 Å². The molecule has 2 amide bonds. The van der Waals surface area contributed by atoms with Crippen molar-refractivity contribution in [2.24, 2.45) is 5.92 Å². The van der Waals surface area contributed by atoms with Gasteiger partial charge in [-0.2, -0.15) is 0 Å². The Morgan fingerprint density at radius 2 is 1.92 bits per heavy atom. The van der Waals surface area contributed by atoms with E-state index in [1.54, 1.807) is 24.4 Å². The lowest BCUT2D eigenvalue weighted by Gasteiger charge is -2.34.